The number of hydrogen-bond acceptors (Lipinski definition) is 6. The first-order valence-electron chi connectivity index (χ1n) is 8.33. The van der Waals surface area contributed by atoms with Gasteiger partial charge in [0.05, 0.1) is 12.7 Å². The van der Waals surface area contributed by atoms with Gasteiger partial charge in [0.25, 0.3) is 5.91 Å². The molecule has 1 aliphatic heterocycles. The molecule has 1 heterocycles. The molecule has 7 heteroatoms. The summed E-state index contributed by atoms with van der Waals surface area (Å²) >= 11 is 0. The summed E-state index contributed by atoms with van der Waals surface area (Å²) in [5.41, 5.74) is 0. The van der Waals surface area contributed by atoms with E-state index in [9.17, 15) is 9.59 Å². The summed E-state index contributed by atoms with van der Waals surface area (Å²) in [6.07, 6.45) is 1.18. The highest BCUT2D eigenvalue weighted by atomic mass is 16.6. The lowest BCUT2D eigenvalue weighted by Gasteiger charge is -2.18. The summed E-state index contributed by atoms with van der Waals surface area (Å²) in [5, 5.41) is 2.71. The fraction of sp³-hybridized carbons (Fsp3) is 0.875. The molecule has 1 fully saturated rings. The Morgan fingerprint density at radius 3 is 2.74 bits per heavy atom. The van der Waals surface area contributed by atoms with Gasteiger partial charge in [-0.2, -0.15) is 0 Å². The molecule has 0 aromatic heterocycles. The molecule has 1 saturated heterocycles. The molecular weight excluding hydrogens is 302 g/mol. The largest absolute Gasteiger partial charge is 0.451 e. The van der Waals surface area contributed by atoms with Crippen LogP contribution in [0.5, 0.6) is 0 Å². The molecule has 0 saturated carbocycles. The van der Waals surface area contributed by atoms with Gasteiger partial charge in [-0.1, -0.05) is 0 Å². The summed E-state index contributed by atoms with van der Waals surface area (Å²) < 4.78 is 21.2. The molecule has 23 heavy (non-hydrogen) atoms. The maximum absolute atomic E-state index is 11.9. The maximum Gasteiger partial charge on any atom is 0.335 e. The molecule has 0 bridgehead atoms. The van der Waals surface area contributed by atoms with Crippen molar-refractivity contribution in [3.05, 3.63) is 0 Å². The van der Waals surface area contributed by atoms with E-state index in [1.54, 1.807) is 13.8 Å². The maximum atomic E-state index is 11.9. The van der Waals surface area contributed by atoms with Gasteiger partial charge in [0, 0.05) is 26.4 Å². The van der Waals surface area contributed by atoms with E-state index in [1.807, 2.05) is 6.92 Å². The standard InChI is InChI=1S/C16H29NO6/c1-4-20-9-6-8-17-15(18)12(2)23-16(19)13(3)22-11-14-7-5-10-21-14/h12-14H,4-11H2,1-3H3,(H,17,18). The molecule has 3 unspecified atom stereocenters. The van der Waals surface area contributed by atoms with Crippen molar-refractivity contribution in [1.29, 1.82) is 0 Å². The second-order valence-corrected chi connectivity index (χ2v) is 5.53. The van der Waals surface area contributed by atoms with Crippen molar-refractivity contribution in [3.63, 3.8) is 0 Å². The van der Waals surface area contributed by atoms with E-state index in [-0.39, 0.29) is 12.0 Å². The van der Waals surface area contributed by atoms with Gasteiger partial charge in [-0.15, -0.1) is 0 Å². The van der Waals surface area contributed by atoms with Crippen LogP contribution >= 0.6 is 0 Å². The molecule has 0 radical (unpaired) electrons. The van der Waals surface area contributed by atoms with Crippen LogP contribution in [0.25, 0.3) is 0 Å². The van der Waals surface area contributed by atoms with Gasteiger partial charge in [0.2, 0.25) is 0 Å². The quantitative estimate of drug-likeness (QED) is 0.450. The Balaban J connectivity index is 2.16. The van der Waals surface area contributed by atoms with Crippen molar-refractivity contribution in [1.82, 2.24) is 5.32 Å². The summed E-state index contributed by atoms with van der Waals surface area (Å²) in [5.74, 6) is -0.860. The predicted octanol–water partition coefficient (Wildman–Crippen LogP) is 1.05. The van der Waals surface area contributed by atoms with Crippen molar-refractivity contribution in [2.24, 2.45) is 0 Å². The second-order valence-electron chi connectivity index (χ2n) is 5.53. The molecular formula is C16H29NO6. The summed E-state index contributed by atoms with van der Waals surface area (Å²) in [7, 11) is 0. The Labute approximate surface area is 138 Å². The third-order valence-corrected chi connectivity index (χ3v) is 3.52. The molecule has 3 atom stereocenters. The van der Waals surface area contributed by atoms with E-state index in [0.717, 1.165) is 25.9 Å². The van der Waals surface area contributed by atoms with Crippen molar-refractivity contribution < 1.29 is 28.5 Å². The van der Waals surface area contributed by atoms with Crippen LogP contribution in [-0.4, -0.2) is 63.2 Å². The molecule has 0 aliphatic carbocycles. The average Bonchev–Trinajstić information content (AvgIpc) is 3.05. The Hall–Kier alpha value is -1.18. The number of carbonyl (C=O) groups excluding carboxylic acids is 2. The zero-order chi connectivity index (χ0) is 17.1. The molecule has 0 aromatic rings. The topological polar surface area (TPSA) is 83.1 Å². The third-order valence-electron chi connectivity index (χ3n) is 3.52. The van der Waals surface area contributed by atoms with Crippen molar-refractivity contribution in [3.8, 4) is 0 Å². The number of rotatable bonds is 11. The zero-order valence-electron chi connectivity index (χ0n) is 14.3. The van der Waals surface area contributed by atoms with Crippen LogP contribution in [0, 0.1) is 0 Å². The summed E-state index contributed by atoms with van der Waals surface area (Å²) in [6.45, 7) is 7.94. The highest BCUT2D eigenvalue weighted by Crippen LogP contribution is 2.13. The first kappa shape index (κ1) is 19.9. The molecule has 7 nitrogen and oxygen atoms in total. The summed E-state index contributed by atoms with van der Waals surface area (Å²) in [4.78, 5) is 23.7. The average molecular weight is 331 g/mol. The van der Waals surface area contributed by atoms with Gasteiger partial charge >= 0.3 is 5.97 Å². The van der Waals surface area contributed by atoms with Crippen LogP contribution in [0.2, 0.25) is 0 Å². The van der Waals surface area contributed by atoms with Gasteiger partial charge < -0.3 is 24.3 Å². The molecule has 0 spiro atoms. The minimum atomic E-state index is -0.844. The molecule has 1 N–H and O–H groups in total. The van der Waals surface area contributed by atoms with Crippen molar-refractivity contribution >= 4 is 11.9 Å². The van der Waals surface area contributed by atoms with Crippen LogP contribution < -0.4 is 5.32 Å². The Bertz CT molecular complexity index is 356. The fourth-order valence-electron chi connectivity index (χ4n) is 2.09. The van der Waals surface area contributed by atoms with Crippen LogP contribution in [0.1, 0.15) is 40.0 Å². The molecule has 134 valence electrons. The number of ether oxygens (including phenoxy) is 4. The third kappa shape index (κ3) is 8.29. The lowest BCUT2D eigenvalue weighted by atomic mass is 10.2. The van der Waals surface area contributed by atoms with E-state index < -0.39 is 18.2 Å². The lowest BCUT2D eigenvalue weighted by Crippen LogP contribution is -2.39. The Morgan fingerprint density at radius 1 is 1.30 bits per heavy atom. The highest BCUT2D eigenvalue weighted by Gasteiger charge is 2.24. The van der Waals surface area contributed by atoms with Crippen LogP contribution in [0.15, 0.2) is 0 Å². The minimum Gasteiger partial charge on any atom is -0.451 e. The van der Waals surface area contributed by atoms with E-state index in [0.29, 0.717) is 26.4 Å². The molecule has 0 aromatic carbocycles. The van der Waals surface area contributed by atoms with Crippen LogP contribution in [0.3, 0.4) is 0 Å². The Kier molecular flexibility index (Phi) is 9.82. The fourth-order valence-corrected chi connectivity index (χ4v) is 2.09. The number of carbonyl (C=O) groups is 2. The lowest BCUT2D eigenvalue weighted by molar-refractivity contribution is -0.166. The van der Waals surface area contributed by atoms with Gasteiger partial charge in [-0.25, -0.2) is 4.79 Å². The van der Waals surface area contributed by atoms with Crippen molar-refractivity contribution in [2.45, 2.75) is 58.3 Å². The molecule has 1 aliphatic rings. The smallest absolute Gasteiger partial charge is 0.335 e. The minimum absolute atomic E-state index is 0.0521. The van der Waals surface area contributed by atoms with E-state index in [4.69, 9.17) is 18.9 Å². The van der Waals surface area contributed by atoms with Crippen LogP contribution in [-0.2, 0) is 28.5 Å². The number of amides is 1. The highest BCUT2D eigenvalue weighted by molar-refractivity contribution is 5.84. The van der Waals surface area contributed by atoms with Crippen LogP contribution in [0.4, 0.5) is 0 Å². The van der Waals surface area contributed by atoms with Gasteiger partial charge in [0.15, 0.2) is 12.2 Å². The number of esters is 1. The van der Waals surface area contributed by atoms with Crippen molar-refractivity contribution in [2.75, 3.05) is 33.0 Å². The first-order chi connectivity index (χ1) is 11.0. The van der Waals surface area contributed by atoms with Gasteiger partial charge in [-0.3, -0.25) is 4.79 Å². The number of nitrogens with one attached hydrogen (secondary N) is 1. The van der Waals surface area contributed by atoms with Gasteiger partial charge in [0.1, 0.15) is 0 Å². The molecule has 1 amide bonds. The van der Waals surface area contributed by atoms with E-state index >= 15 is 0 Å². The predicted molar refractivity (Wildman–Crippen MR) is 84.1 cm³/mol. The summed E-state index contributed by atoms with van der Waals surface area (Å²) in [6, 6.07) is 0. The Morgan fingerprint density at radius 2 is 2.09 bits per heavy atom. The first-order valence-corrected chi connectivity index (χ1v) is 8.33. The van der Waals surface area contributed by atoms with Gasteiger partial charge in [-0.05, 0) is 40.0 Å². The molecule has 1 rings (SSSR count). The zero-order valence-corrected chi connectivity index (χ0v) is 14.3. The van der Waals surface area contributed by atoms with E-state index in [1.165, 1.54) is 0 Å². The normalized spacial score (nSPS) is 20.0. The number of hydrogen-bond donors (Lipinski definition) is 1. The second kappa shape index (κ2) is 11.4. The SMILES string of the molecule is CCOCCCNC(=O)C(C)OC(=O)C(C)OCC1CCCO1. The monoisotopic (exact) mass is 331 g/mol. The van der Waals surface area contributed by atoms with E-state index in [2.05, 4.69) is 5.32 Å².